The molecule has 0 amide bonds. The minimum absolute atomic E-state index is 0.259. The average molecular weight is 345 g/mol. The first kappa shape index (κ1) is 17.3. The van der Waals surface area contributed by atoms with Gasteiger partial charge in [0, 0.05) is 18.6 Å². The summed E-state index contributed by atoms with van der Waals surface area (Å²) in [4.78, 5) is 2.60. The Morgan fingerprint density at radius 1 is 1.20 bits per heavy atom. The van der Waals surface area contributed by atoms with Crippen LogP contribution in [0.3, 0.4) is 0 Å². The molecule has 1 aromatic carbocycles. The molecule has 2 fully saturated rings. The molecule has 2 bridgehead atoms. The predicted molar refractivity (Wildman–Crippen MR) is 98.4 cm³/mol. The largest absolute Gasteiger partial charge is 0.497 e. The predicted octanol–water partition coefficient (Wildman–Crippen LogP) is 3.02. The molecule has 1 saturated heterocycles. The first-order valence-electron chi connectivity index (χ1n) is 9.66. The van der Waals surface area contributed by atoms with Crippen LogP contribution in [0.4, 0.5) is 0 Å². The molecular weight excluding hydrogens is 314 g/mol. The van der Waals surface area contributed by atoms with E-state index in [0.717, 1.165) is 18.1 Å². The molecule has 4 nitrogen and oxygen atoms in total. The Kier molecular flexibility index (Phi) is 4.78. The van der Waals surface area contributed by atoms with Crippen molar-refractivity contribution in [3.8, 4) is 5.75 Å². The highest BCUT2D eigenvalue weighted by Gasteiger charge is 2.55. The summed E-state index contributed by atoms with van der Waals surface area (Å²) in [5.41, 5.74) is 3.32. The maximum Gasteiger partial charge on any atom is 0.119 e. The van der Waals surface area contributed by atoms with Gasteiger partial charge in [0.05, 0.1) is 26.4 Å². The van der Waals surface area contributed by atoms with Crippen molar-refractivity contribution in [2.75, 3.05) is 41.0 Å². The third-order valence-corrected chi connectivity index (χ3v) is 6.97. The molecule has 3 aliphatic rings. The van der Waals surface area contributed by atoms with Crippen molar-refractivity contribution < 1.29 is 14.2 Å². The van der Waals surface area contributed by atoms with Gasteiger partial charge in [-0.1, -0.05) is 6.07 Å². The van der Waals surface area contributed by atoms with Gasteiger partial charge in [0.2, 0.25) is 0 Å². The first-order chi connectivity index (χ1) is 12.2. The van der Waals surface area contributed by atoms with Crippen LogP contribution in [0, 0.1) is 5.92 Å². The second kappa shape index (κ2) is 6.90. The third kappa shape index (κ3) is 2.88. The van der Waals surface area contributed by atoms with E-state index in [1.54, 1.807) is 19.8 Å². The molecule has 1 aliphatic heterocycles. The van der Waals surface area contributed by atoms with E-state index in [0.29, 0.717) is 25.4 Å². The van der Waals surface area contributed by atoms with E-state index in [9.17, 15) is 0 Å². The van der Waals surface area contributed by atoms with Crippen molar-refractivity contribution in [2.24, 2.45) is 5.92 Å². The molecule has 2 aliphatic carbocycles. The van der Waals surface area contributed by atoms with Gasteiger partial charge in [-0.15, -0.1) is 0 Å². The molecule has 0 aromatic heterocycles. The number of fused-ring (bicyclic) bond motifs is 1. The Labute approximate surface area is 151 Å². The summed E-state index contributed by atoms with van der Waals surface area (Å²) < 4.78 is 16.9. The topological polar surface area (TPSA) is 30.9 Å². The fraction of sp³-hybridized carbons (Fsp3) is 0.714. The number of benzene rings is 1. The van der Waals surface area contributed by atoms with Crippen LogP contribution in [0.2, 0.25) is 0 Å². The Morgan fingerprint density at radius 3 is 2.88 bits per heavy atom. The first-order valence-corrected chi connectivity index (χ1v) is 9.66. The highest BCUT2D eigenvalue weighted by molar-refractivity contribution is 5.45. The number of hydrogen-bond donors (Lipinski definition) is 0. The van der Waals surface area contributed by atoms with Crippen LogP contribution >= 0.6 is 0 Å². The quantitative estimate of drug-likeness (QED) is 0.768. The van der Waals surface area contributed by atoms with Crippen LogP contribution in [0.25, 0.3) is 0 Å². The number of methoxy groups -OCH3 is 2. The van der Waals surface area contributed by atoms with Crippen LogP contribution < -0.4 is 4.74 Å². The third-order valence-electron chi connectivity index (χ3n) is 6.97. The van der Waals surface area contributed by atoms with Gasteiger partial charge >= 0.3 is 0 Å². The second-order valence-electron chi connectivity index (χ2n) is 8.05. The minimum Gasteiger partial charge on any atom is -0.497 e. The fourth-order valence-corrected chi connectivity index (χ4v) is 5.73. The molecule has 0 N–H and O–H groups in total. The molecular formula is C21H31NO3. The van der Waals surface area contributed by atoms with Crippen molar-refractivity contribution in [1.29, 1.82) is 0 Å². The normalized spacial score (nSPS) is 34.3. The van der Waals surface area contributed by atoms with Crippen LogP contribution in [0.15, 0.2) is 18.2 Å². The van der Waals surface area contributed by atoms with E-state index in [1.807, 2.05) is 0 Å². The summed E-state index contributed by atoms with van der Waals surface area (Å²) in [5.74, 6) is 1.74. The van der Waals surface area contributed by atoms with Crippen LogP contribution in [-0.2, 0) is 21.3 Å². The molecule has 1 heterocycles. The second-order valence-corrected chi connectivity index (χ2v) is 8.05. The highest BCUT2D eigenvalue weighted by atomic mass is 16.5. The molecule has 0 spiro atoms. The lowest BCUT2D eigenvalue weighted by atomic mass is 9.52. The zero-order valence-corrected chi connectivity index (χ0v) is 15.8. The van der Waals surface area contributed by atoms with Crippen LogP contribution in [0.5, 0.6) is 5.75 Å². The molecule has 4 rings (SSSR count). The number of likely N-dealkylation sites (tertiary alicyclic amines) is 1. The fourth-order valence-electron chi connectivity index (χ4n) is 5.73. The summed E-state index contributed by atoms with van der Waals surface area (Å²) in [7, 11) is 5.82. The van der Waals surface area contributed by atoms with E-state index in [2.05, 4.69) is 30.1 Å². The Bertz CT molecular complexity index is 619. The average Bonchev–Trinajstić information content (AvgIpc) is 2.64. The molecule has 1 saturated carbocycles. The summed E-state index contributed by atoms with van der Waals surface area (Å²) in [6.45, 7) is 2.57. The van der Waals surface area contributed by atoms with E-state index < -0.39 is 0 Å². The van der Waals surface area contributed by atoms with Gasteiger partial charge in [-0.3, -0.25) is 0 Å². The van der Waals surface area contributed by atoms with Crippen LogP contribution in [-0.4, -0.2) is 58.1 Å². The maximum atomic E-state index is 6.19. The standard InChI is InChI=1S/C21H31NO3/c1-22-9-8-21-14-17(25-11-10-23-2)6-7-18(21)20(22)12-15-4-5-16(24-3)13-19(15)21/h4-5,13,17-18,20H,6-12,14H2,1-3H3/t17-,18?,20-,21?/m1/s1. The smallest absolute Gasteiger partial charge is 0.119 e. The van der Waals surface area contributed by atoms with Gasteiger partial charge in [-0.25, -0.2) is 0 Å². The Balaban J connectivity index is 1.69. The van der Waals surface area contributed by atoms with Gasteiger partial charge in [0.15, 0.2) is 0 Å². The monoisotopic (exact) mass is 345 g/mol. The molecule has 25 heavy (non-hydrogen) atoms. The molecule has 0 radical (unpaired) electrons. The summed E-state index contributed by atoms with van der Waals surface area (Å²) >= 11 is 0. The van der Waals surface area contributed by atoms with Crippen molar-refractivity contribution >= 4 is 0 Å². The lowest BCUT2D eigenvalue weighted by molar-refractivity contribution is -0.0724. The van der Waals surface area contributed by atoms with Crippen LogP contribution in [0.1, 0.15) is 36.8 Å². The molecule has 4 atom stereocenters. The van der Waals surface area contributed by atoms with E-state index >= 15 is 0 Å². The molecule has 2 unspecified atom stereocenters. The minimum atomic E-state index is 0.259. The van der Waals surface area contributed by atoms with E-state index in [4.69, 9.17) is 14.2 Å². The van der Waals surface area contributed by atoms with Gasteiger partial charge in [-0.2, -0.15) is 0 Å². The van der Waals surface area contributed by atoms with Crippen molar-refractivity contribution in [3.63, 3.8) is 0 Å². The van der Waals surface area contributed by atoms with E-state index in [-0.39, 0.29) is 5.41 Å². The summed E-state index contributed by atoms with van der Waals surface area (Å²) in [6.07, 6.45) is 6.36. The number of hydrogen-bond acceptors (Lipinski definition) is 4. The summed E-state index contributed by atoms with van der Waals surface area (Å²) in [5, 5.41) is 0. The summed E-state index contributed by atoms with van der Waals surface area (Å²) in [6, 6.07) is 7.42. The lowest BCUT2D eigenvalue weighted by Crippen LogP contribution is -2.61. The van der Waals surface area contributed by atoms with Crippen molar-refractivity contribution in [3.05, 3.63) is 29.3 Å². The molecule has 4 heteroatoms. The Morgan fingerprint density at radius 2 is 2.08 bits per heavy atom. The lowest BCUT2D eigenvalue weighted by Gasteiger charge is -2.59. The SMILES string of the molecule is COCCO[C@@H]1CCC2[C@H]3Cc4ccc(OC)cc4C2(CCN3C)C1. The zero-order valence-electron chi connectivity index (χ0n) is 15.8. The number of rotatable bonds is 5. The zero-order chi connectivity index (χ0) is 17.4. The highest BCUT2D eigenvalue weighted by Crippen LogP contribution is 2.56. The number of likely N-dealkylation sites (N-methyl/N-ethyl adjacent to an activating group) is 1. The van der Waals surface area contributed by atoms with Gasteiger partial charge < -0.3 is 19.1 Å². The van der Waals surface area contributed by atoms with Gasteiger partial charge in [0.1, 0.15) is 5.75 Å². The maximum absolute atomic E-state index is 6.19. The molecule has 138 valence electrons. The van der Waals surface area contributed by atoms with Crippen molar-refractivity contribution in [1.82, 2.24) is 4.90 Å². The van der Waals surface area contributed by atoms with Crippen molar-refractivity contribution in [2.45, 2.75) is 49.7 Å². The van der Waals surface area contributed by atoms with E-state index in [1.165, 1.54) is 37.8 Å². The number of nitrogens with zero attached hydrogens (tertiary/aromatic N) is 1. The van der Waals surface area contributed by atoms with Gasteiger partial charge in [-0.05, 0) is 74.9 Å². The Hall–Kier alpha value is -1.10. The van der Waals surface area contributed by atoms with Gasteiger partial charge in [0.25, 0.3) is 0 Å². The number of piperidine rings is 1. The number of ether oxygens (including phenoxy) is 3. The molecule has 1 aromatic rings.